The van der Waals surface area contributed by atoms with Crippen LogP contribution in [0.1, 0.15) is 29.7 Å². The van der Waals surface area contributed by atoms with Gasteiger partial charge in [-0.2, -0.15) is 10.1 Å². The Balaban J connectivity index is 1.53. The highest BCUT2D eigenvalue weighted by molar-refractivity contribution is 6.06. The van der Waals surface area contributed by atoms with E-state index in [4.69, 9.17) is 4.74 Å². The lowest BCUT2D eigenvalue weighted by Gasteiger charge is -2.29. The van der Waals surface area contributed by atoms with Crippen molar-refractivity contribution >= 4 is 17.5 Å². The summed E-state index contributed by atoms with van der Waals surface area (Å²) in [5.41, 5.74) is 5.10. The quantitative estimate of drug-likeness (QED) is 0.427. The molecule has 0 fully saturated rings. The Kier molecular flexibility index (Phi) is 5.82. The molecular formula is C27H25N5O2. The van der Waals surface area contributed by atoms with Crippen molar-refractivity contribution in [2.75, 3.05) is 10.6 Å². The summed E-state index contributed by atoms with van der Waals surface area (Å²) in [6, 6.07) is 24.8. The largest absolute Gasteiger partial charge is 0.489 e. The Labute approximate surface area is 198 Å². The summed E-state index contributed by atoms with van der Waals surface area (Å²) in [4.78, 5) is 17.8. The number of allylic oxidation sites excluding steroid dienone is 1. The minimum atomic E-state index is -0.504. The number of hydrogen-bond donors (Lipinski definition) is 2. The molecule has 0 saturated carbocycles. The summed E-state index contributed by atoms with van der Waals surface area (Å²) in [5.74, 6) is 1.06. The van der Waals surface area contributed by atoms with E-state index >= 15 is 0 Å². The maximum absolute atomic E-state index is 13.5. The van der Waals surface area contributed by atoms with Crippen molar-refractivity contribution in [2.24, 2.45) is 0 Å². The van der Waals surface area contributed by atoms with Gasteiger partial charge < -0.3 is 15.4 Å². The van der Waals surface area contributed by atoms with Gasteiger partial charge in [-0.1, -0.05) is 60.7 Å². The van der Waals surface area contributed by atoms with E-state index < -0.39 is 6.04 Å². The number of aromatic nitrogens is 3. The van der Waals surface area contributed by atoms with Crippen LogP contribution in [0.25, 0.3) is 0 Å². The maximum atomic E-state index is 13.5. The van der Waals surface area contributed by atoms with Gasteiger partial charge in [0.25, 0.3) is 5.91 Å². The van der Waals surface area contributed by atoms with Gasteiger partial charge in [0.1, 0.15) is 24.7 Å². The molecule has 3 aromatic carbocycles. The lowest BCUT2D eigenvalue weighted by molar-refractivity contribution is -0.113. The van der Waals surface area contributed by atoms with Gasteiger partial charge in [0.05, 0.1) is 5.57 Å². The molecule has 7 nitrogen and oxygen atoms in total. The van der Waals surface area contributed by atoms with E-state index in [0.29, 0.717) is 29.6 Å². The number of rotatable bonds is 6. The van der Waals surface area contributed by atoms with E-state index in [2.05, 4.69) is 39.8 Å². The lowest BCUT2D eigenvalue weighted by atomic mass is 9.94. The number of aryl methyl sites for hydroxylation is 1. The van der Waals surface area contributed by atoms with Crippen LogP contribution < -0.4 is 15.4 Å². The van der Waals surface area contributed by atoms with Crippen LogP contribution in [0.5, 0.6) is 5.75 Å². The standard InChI is InChI=1S/C27H25N5O2/c1-18-10-6-7-11-20(18)16-34-23-15-9-8-14-22(23)25-24(19(2)30-27-28-17-29-32(25)27)26(33)31-21-12-4-3-5-13-21/h3-15,17,25H,16H2,1-2H3,(H,31,33)(H,28,29,30). The van der Waals surface area contributed by atoms with Crippen LogP contribution >= 0.6 is 0 Å². The zero-order valence-electron chi connectivity index (χ0n) is 19.0. The normalized spacial score (nSPS) is 14.8. The van der Waals surface area contributed by atoms with E-state index in [1.807, 2.05) is 73.7 Å². The number of para-hydroxylation sites is 2. The minimum Gasteiger partial charge on any atom is -0.489 e. The molecule has 2 N–H and O–H groups in total. The fourth-order valence-electron chi connectivity index (χ4n) is 4.16. The third-order valence-electron chi connectivity index (χ3n) is 5.93. The topological polar surface area (TPSA) is 81.1 Å². The Morgan fingerprint density at radius 3 is 2.56 bits per heavy atom. The first-order valence-electron chi connectivity index (χ1n) is 11.1. The molecule has 1 aliphatic heterocycles. The predicted molar refractivity (Wildman–Crippen MR) is 132 cm³/mol. The maximum Gasteiger partial charge on any atom is 0.255 e. The predicted octanol–water partition coefficient (Wildman–Crippen LogP) is 5.09. The smallest absolute Gasteiger partial charge is 0.255 e. The van der Waals surface area contributed by atoms with Crippen LogP contribution in [-0.2, 0) is 11.4 Å². The average Bonchev–Trinajstić information content (AvgIpc) is 3.31. The number of nitrogens with zero attached hydrogens (tertiary/aromatic N) is 3. The minimum absolute atomic E-state index is 0.212. The first-order chi connectivity index (χ1) is 16.6. The van der Waals surface area contributed by atoms with Crippen molar-refractivity contribution in [3.8, 4) is 5.75 Å². The number of carbonyl (C=O) groups is 1. The van der Waals surface area contributed by atoms with Crippen molar-refractivity contribution in [1.29, 1.82) is 0 Å². The van der Waals surface area contributed by atoms with Crippen molar-refractivity contribution in [3.05, 3.63) is 113 Å². The fraction of sp³-hybridized carbons (Fsp3) is 0.148. The van der Waals surface area contributed by atoms with Crippen molar-refractivity contribution in [2.45, 2.75) is 26.5 Å². The molecule has 1 aliphatic rings. The molecule has 1 aromatic heterocycles. The highest BCUT2D eigenvalue weighted by atomic mass is 16.5. The number of ether oxygens (including phenoxy) is 1. The van der Waals surface area contributed by atoms with Crippen LogP contribution in [0.3, 0.4) is 0 Å². The molecule has 0 saturated heterocycles. The molecule has 5 rings (SSSR count). The SMILES string of the molecule is CC1=C(C(=O)Nc2ccccc2)C(c2ccccc2OCc2ccccc2C)n2ncnc2N1. The zero-order valence-corrected chi connectivity index (χ0v) is 19.0. The van der Waals surface area contributed by atoms with Crippen molar-refractivity contribution in [3.63, 3.8) is 0 Å². The first kappa shape index (κ1) is 21.5. The molecule has 2 heterocycles. The Bertz CT molecular complexity index is 1360. The number of carbonyl (C=O) groups excluding carboxylic acids is 1. The fourth-order valence-corrected chi connectivity index (χ4v) is 4.16. The molecule has 0 bridgehead atoms. The summed E-state index contributed by atoms with van der Waals surface area (Å²) in [5, 5.41) is 10.7. The zero-order chi connectivity index (χ0) is 23.5. The van der Waals surface area contributed by atoms with Crippen LogP contribution in [0.2, 0.25) is 0 Å². The van der Waals surface area contributed by atoms with Gasteiger partial charge in [-0.05, 0) is 43.2 Å². The van der Waals surface area contributed by atoms with Crippen LogP contribution in [0.15, 0.2) is 96.5 Å². The molecule has 7 heteroatoms. The van der Waals surface area contributed by atoms with Crippen molar-refractivity contribution < 1.29 is 9.53 Å². The Hall–Kier alpha value is -4.39. The van der Waals surface area contributed by atoms with Crippen LogP contribution in [-0.4, -0.2) is 20.7 Å². The molecule has 170 valence electrons. The highest BCUT2D eigenvalue weighted by Crippen LogP contribution is 2.39. The van der Waals surface area contributed by atoms with Gasteiger partial charge in [0.15, 0.2) is 0 Å². The summed E-state index contributed by atoms with van der Waals surface area (Å²) in [6.45, 7) is 4.37. The highest BCUT2D eigenvalue weighted by Gasteiger charge is 2.35. The van der Waals surface area contributed by atoms with Crippen LogP contribution in [0.4, 0.5) is 11.6 Å². The molecule has 34 heavy (non-hydrogen) atoms. The molecule has 1 amide bonds. The van der Waals surface area contributed by atoms with E-state index in [1.54, 1.807) is 4.68 Å². The van der Waals surface area contributed by atoms with Gasteiger partial charge >= 0.3 is 0 Å². The van der Waals surface area contributed by atoms with Gasteiger partial charge in [-0.25, -0.2) is 4.68 Å². The third kappa shape index (κ3) is 4.15. The van der Waals surface area contributed by atoms with Crippen molar-refractivity contribution in [1.82, 2.24) is 14.8 Å². The van der Waals surface area contributed by atoms with E-state index in [9.17, 15) is 4.79 Å². The molecule has 0 aliphatic carbocycles. The van der Waals surface area contributed by atoms with E-state index in [0.717, 1.165) is 16.8 Å². The monoisotopic (exact) mass is 451 g/mol. The summed E-state index contributed by atoms with van der Waals surface area (Å²) in [6.07, 6.45) is 1.48. The van der Waals surface area contributed by atoms with Gasteiger partial charge in [0.2, 0.25) is 5.95 Å². The number of amides is 1. The summed E-state index contributed by atoms with van der Waals surface area (Å²) < 4.78 is 8.02. The lowest BCUT2D eigenvalue weighted by Crippen LogP contribution is -2.31. The van der Waals surface area contributed by atoms with Gasteiger partial charge in [-0.3, -0.25) is 4.79 Å². The Morgan fingerprint density at radius 1 is 1.00 bits per heavy atom. The molecular weight excluding hydrogens is 426 g/mol. The van der Waals surface area contributed by atoms with Gasteiger partial charge in [0, 0.05) is 16.9 Å². The second-order valence-electron chi connectivity index (χ2n) is 8.17. The first-order valence-corrected chi connectivity index (χ1v) is 11.1. The molecule has 4 aromatic rings. The van der Waals surface area contributed by atoms with Crippen LogP contribution in [0, 0.1) is 6.92 Å². The number of nitrogens with one attached hydrogen (secondary N) is 2. The van der Waals surface area contributed by atoms with Gasteiger partial charge in [-0.15, -0.1) is 0 Å². The summed E-state index contributed by atoms with van der Waals surface area (Å²) in [7, 11) is 0. The number of anilines is 2. The Morgan fingerprint density at radius 2 is 1.74 bits per heavy atom. The van der Waals surface area contributed by atoms with E-state index in [1.165, 1.54) is 11.9 Å². The third-order valence-corrected chi connectivity index (χ3v) is 5.93. The molecule has 0 spiro atoms. The number of benzene rings is 3. The second kappa shape index (κ2) is 9.23. The molecule has 1 atom stereocenters. The van der Waals surface area contributed by atoms with E-state index in [-0.39, 0.29) is 5.91 Å². The molecule has 1 unspecified atom stereocenters. The second-order valence-corrected chi connectivity index (χ2v) is 8.17. The number of fused-ring (bicyclic) bond motifs is 1. The molecule has 0 radical (unpaired) electrons. The average molecular weight is 452 g/mol. The summed E-state index contributed by atoms with van der Waals surface area (Å²) >= 11 is 0. The number of hydrogen-bond acceptors (Lipinski definition) is 5.